The van der Waals surface area contributed by atoms with Crippen LogP contribution in [0.25, 0.3) is 0 Å². The van der Waals surface area contributed by atoms with Crippen LogP contribution in [0.5, 0.6) is 0 Å². The molecule has 0 N–H and O–H groups in total. The predicted molar refractivity (Wildman–Crippen MR) is 86.6 cm³/mol. The van der Waals surface area contributed by atoms with Gasteiger partial charge in [-0.15, -0.1) is 0 Å². The normalized spacial score (nSPS) is 16.9. The number of carbonyl (C=O) groups excluding carboxylic acids is 1. The molecule has 0 saturated heterocycles. The van der Waals surface area contributed by atoms with E-state index in [1.807, 2.05) is 17.0 Å². The molecule has 1 heterocycles. The molecule has 21 heavy (non-hydrogen) atoms. The highest BCUT2D eigenvalue weighted by Gasteiger charge is 2.30. The minimum absolute atomic E-state index is 0.191. The van der Waals surface area contributed by atoms with Crippen molar-refractivity contribution in [1.29, 1.82) is 0 Å². The number of rotatable bonds is 3. The van der Waals surface area contributed by atoms with Crippen molar-refractivity contribution < 1.29 is 4.79 Å². The molecular formula is C19H21NO. The van der Waals surface area contributed by atoms with Crippen molar-refractivity contribution in [1.82, 2.24) is 0 Å². The van der Waals surface area contributed by atoms with Gasteiger partial charge in [0.05, 0.1) is 6.42 Å². The minimum Gasteiger partial charge on any atom is -0.309 e. The van der Waals surface area contributed by atoms with Crippen LogP contribution in [0.4, 0.5) is 5.69 Å². The van der Waals surface area contributed by atoms with Gasteiger partial charge in [0, 0.05) is 11.7 Å². The second-order valence-electron chi connectivity index (χ2n) is 5.79. The summed E-state index contributed by atoms with van der Waals surface area (Å²) in [6.45, 7) is 4.26. The lowest BCUT2D eigenvalue weighted by Gasteiger charge is -2.22. The van der Waals surface area contributed by atoms with Crippen molar-refractivity contribution in [2.45, 2.75) is 39.2 Å². The third-order valence-electron chi connectivity index (χ3n) is 4.26. The monoisotopic (exact) mass is 279 g/mol. The molecule has 1 atom stereocenters. The van der Waals surface area contributed by atoms with Crippen LogP contribution in [0.15, 0.2) is 48.5 Å². The summed E-state index contributed by atoms with van der Waals surface area (Å²) in [6.07, 6.45) is 2.46. The van der Waals surface area contributed by atoms with Crippen LogP contribution < -0.4 is 4.90 Å². The molecule has 0 bridgehead atoms. The van der Waals surface area contributed by atoms with Gasteiger partial charge in [0.2, 0.25) is 5.91 Å². The molecule has 2 aromatic carbocycles. The number of benzene rings is 2. The predicted octanol–water partition coefficient (Wildman–Crippen LogP) is 3.77. The Bertz CT molecular complexity index is 645. The number of hydrogen-bond acceptors (Lipinski definition) is 1. The van der Waals surface area contributed by atoms with E-state index in [1.54, 1.807) is 0 Å². The number of amides is 1. The molecule has 0 aromatic heterocycles. The quantitative estimate of drug-likeness (QED) is 0.837. The number of para-hydroxylation sites is 1. The first kappa shape index (κ1) is 13.9. The Hall–Kier alpha value is -2.09. The van der Waals surface area contributed by atoms with Gasteiger partial charge in [-0.05, 0) is 42.5 Å². The highest BCUT2D eigenvalue weighted by molar-refractivity contribution is 5.97. The number of fused-ring (bicyclic) bond motifs is 1. The summed E-state index contributed by atoms with van der Waals surface area (Å²) >= 11 is 0. The Labute approximate surface area is 126 Å². The lowest BCUT2D eigenvalue weighted by molar-refractivity contribution is -0.118. The fraction of sp³-hybridized carbons (Fsp3) is 0.316. The Morgan fingerprint density at radius 2 is 1.76 bits per heavy atom. The molecular weight excluding hydrogens is 258 g/mol. The van der Waals surface area contributed by atoms with Crippen molar-refractivity contribution in [3.05, 3.63) is 65.2 Å². The molecule has 0 radical (unpaired) electrons. The lowest BCUT2D eigenvalue weighted by Crippen LogP contribution is -2.36. The van der Waals surface area contributed by atoms with E-state index in [2.05, 4.69) is 50.2 Å². The van der Waals surface area contributed by atoms with Gasteiger partial charge in [0.1, 0.15) is 0 Å². The average Bonchev–Trinajstić information content (AvgIpc) is 2.83. The summed E-state index contributed by atoms with van der Waals surface area (Å²) in [5, 5.41) is 0. The highest BCUT2D eigenvalue weighted by atomic mass is 16.2. The standard InChI is InChI=1S/C19H21NO/c1-3-15-8-10-16(11-9-15)13-19(21)20-14(2)12-17-6-4-5-7-18(17)20/h4-11,14H,3,12-13H2,1-2H3. The van der Waals surface area contributed by atoms with E-state index in [4.69, 9.17) is 0 Å². The van der Waals surface area contributed by atoms with E-state index in [0.717, 1.165) is 24.1 Å². The SMILES string of the molecule is CCc1ccc(CC(=O)N2c3ccccc3CC2C)cc1. The maximum absolute atomic E-state index is 12.7. The van der Waals surface area contributed by atoms with Crippen LogP contribution in [0.3, 0.4) is 0 Å². The van der Waals surface area contributed by atoms with Crippen LogP contribution in [-0.4, -0.2) is 11.9 Å². The maximum atomic E-state index is 12.7. The molecule has 1 aliphatic rings. The van der Waals surface area contributed by atoms with Crippen molar-refractivity contribution in [2.24, 2.45) is 0 Å². The van der Waals surface area contributed by atoms with Crippen LogP contribution in [0.2, 0.25) is 0 Å². The molecule has 108 valence electrons. The first-order valence-corrected chi connectivity index (χ1v) is 7.67. The summed E-state index contributed by atoms with van der Waals surface area (Å²) < 4.78 is 0. The molecule has 0 spiro atoms. The second-order valence-corrected chi connectivity index (χ2v) is 5.79. The number of nitrogens with zero attached hydrogens (tertiary/aromatic N) is 1. The van der Waals surface area contributed by atoms with Crippen molar-refractivity contribution >= 4 is 11.6 Å². The fourth-order valence-corrected chi connectivity index (χ4v) is 3.10. The van der Waals surface area contributed by atoms with Gasteiger partial charge >= 0.3 is 0 Å². The van der Waals surface area contributed by atoms with Crippen LogP contribution in [0, 0.1) is 0 Å². The summed E-state index contributed by atoms with van der Waals surface area (Å²) in [6, 6.07) is 16.9. The highest BCUT2D eigenvalue weighted by Crippen LogP contribution is 2.32. The van der Waals surface area contributed by atoms with Crippen molar-refractivity contribution in [2.75, 3.05) is 4.90 Å². The van der Waals surface area contributed by atoms with Gasteiger partial charge in [-0.25, -0.2) is 0 Å². The zero-order valence-electron chi connectivity index (χ0n) is 12.7. The Kier molecular flexibility index (Phi) is 3.78. The molecule has 1 aliphatic heterocycles. The largest absolute Gasteiger partial charge is 0.309 e. The lowest BCUT2D eigenvalue weighted by atomic mass is 10.1. The molecule has 1 unspecified atom stereocenters. The summed E-state index contributed by atoms with van der Waals surface area (Å²) in [5.41, 5.74) is 4.76. The third-order valence-corrected chi connectivity index (χ3v) is 4.26. The topological polar surface area (TPSA) is 20.3 Å². The van der Waals surface area contributed by atoms with E-state index in [-0.39, 0.29) is 11.9 Å². The number of carbonyl (C=O) groups is 1. The van der Waals surface area contributed by atoms with Gasteiger partial charge in [-0.3, -0.25) is 4.79 Å². The second kappa shape index (κ2) is 5.72. The summed E-state index contributed by atoms with van der Waals surface area (Å²) in [4.78, 5) is 14.6. The van der Waals surface area contributed by atoms with Crippen LogP contribution >= 0.6 is 0 Å². The van der Waals surface area contributed by atoms with Gasteiger partial charge < -0.3 is 4.90 Å². The smallest absolute Gasteiger partial charge is 0.231 e. The zero-order valence-corrected chi connectivity index (χ0v) is 12.7. The van der Waals surface area contributed by atoms with Crippen LogP contribution in [0.1, 0.15) is 30.5 Å². The molecule has 0 fully saturated rings. The van der Waals surface area contributed by atoms with E-state index in [9.17, 15) is 4.79 Å². The van der Waals surface area contributed by atoms with Crippen molar-refractivity contribution in [3.63, 3.8) is 0 Å². The number of hydrogen-bond donors (Lipinski definition) is 0. The first-order valence-electron chi connectivity index (χ1n) is 7.67. The first-order chi connectivity index (χ1) is 10.2. The van der Waals surface area contributed by atoms with Gasteiger partial charge in [-0.1, -0.05) is 49.4 Å². The van der Waals surface area contributed by atoms with Gasteiger partial charge in [0.25, 0.3) is 0 Å². The zero-order chi connectivity index (χ0) is 14.8. The van der Waals surface area contributed by atoms with Gasteiger partial charge in [-0.2, -0.15) is 0 Å². The van der Waals surface area contributed by atoms with Gasteiger partial charge in [0.15, 0.2) is 0 Å². The molecule has 2 heteroatoms. The van der Waals surface area contributed by atoms with Crippen LogP contribution in [-0.2, 0) is 24.1 Å². The summed E-state index contributed by atoms with van der Waals surface area (Å²) in [7, 11) is 0. The van der Waals surface area contributed by atoms with E-state index < -0.39 is 0 Å². The van der Waals surface area contributed by atoms with E-state index in [1.165, 1.54) is 11.1 Å². The Morgan fingerprint density at radius 3 is 2.48 bits per heavy atom. The molecule has 1 amide bonds. The molecule has 2 nitrogen and oxygen atoms in total. The molecule has 3 rings (SSSR count). The van der Waals surface area contributed by atoms with E-state index in [0.29, 0.717) is 6.42 Å². The molecule has 0 aliphatic carbocycles. The minimum atomic E-state index is 0.191. The Morgan fingerprint density at radius 1 is 1.10 bits per heavy atom. The Balaban J connectivity index is 1.79. The average molecular weight is 279 g/mol. The van der Waals surface area contributed by atoms with Crippen molar-refractivity contribution in [3.8, 4) is 0 Å². The molecule has 0 saturated carbocycles. The third kappa shape index (κ3) is 2.71. The number of anilines is 1. The fourth-order valence-electron chi connectivity index (χ4n) is 3.10. The van der Waals surface area contributed by atoms with E-state index >= 15 is 0 Å². The maximum Gasteiger partial charge on any atom is 0.231 e. The molecule has 2 aromatic rings. The summed E-state index contributed by atoms with van der Waals surface area (Å²) in [5.74, 6) is 0.191. The number of aryl methyl sites for hydroxylation is 1.